The zero-order valence-corrected chi connectivity index (χ0v) is 12.7. The first-order valence-corrected chi connectivity index (χ1v) is 7.59. The van der Waals surface area contributed by atoms with Crippen LogP contribution in [-0.4, -0.2) is 4.98 Å². The van der Waals surface area contributed by atoms with Crippen LogP contribution in [-0.2, 0) is 12.8 Å². The van der Waals surface area contributed by atoms with Crippen molar-refractivity contribution in [3.8, 4) is 0 Å². The molecule has 100 valence electrons. The lowest BCUT2D eigenvalue weighted by atomic mass is 10.0. The van der Waals surface area contributed by atoms with Crippen molar-refractivity contribution >= 4 is 32.5 Å². The molecule has 0 unspecified atom stereocenters. The Morgan fingerprint density at radius 2 is 2.00 bits per heavy atom. The molecule has 3 N–H and O–H groups in total. The van der Waals surface area contributed by atoms with Crippen LogP contribution in [0, 0.1) is 6.92 Å². The number of hydrogen-bond acceptors (Lipinski definition) is 3. The van der Waals surface area contributed by atoms with Gasteiger partial charge in [-0.1, -0.05) is 18.6 Å². The van der Waals surface area contributed by atoms with Crippen molar-refractivity contribution in [1.82, 2.24) is 4.98 Å². The summed E-state index contributed by atoms with van der Waals surface area (Å²) in [5, 5.41) is 1.11. The molecule has 1 aromatic heterocycles. The summed E-state index contributed by atoms with van der Waals surface area (Å²) in [6.07, 6.45) is 5.85. The third-order valence-electron chi connectivity index (χ3n) is 3.96. The van der Waals surface area contributed by atoms with Crippen molar-refractivity contribution in [2.75, 3.05) is 5.43 Å². The lowest BCUT2D eigenvalue weighted by molar-refractivity contribution is 0.709. The molecule has 2 aromatic rings. The van der Waals surface area contributed by atoms with Crippen LogP contribution in [0.1, 0.15) is 36.1 Å². The van der Waals surface area contributed by atoms with Crippen LogP contribution in [0.4, 0.5) is 5.69 Å². The molecule has 1 aliphatic carbocycles. The van der Waals surface area contributed by atoms with Crippen LogP contribution in [0.3, 0.4) is 0 Å². The maximum absolute atomic E-state index is 5.79. The highest BCUT2D eigenvalue weighted by Gasteiger charge is 2.18. The maximum atomic E-state index is 5.79. The largest absolute Gasteiger partial charge is 0.323 e. The number of rotatable bonds is 1. The maximum Gasteiger partial charge on any atom is 0.0871 e. The molecule has 0 saturated carbocycles. The smallest absolute Gasteiger partial charge is 0.0871 e. The number of fused-ring (bicyclic) bond motifs is 2. The van der Waals surface area contributed by atoms with E-state index in [9.17, 15) is 0 Å². The van der Waals surface area contributed by atoms with E-state index in [1.807, 2.05) is 0 Å². The van der Waals surface area contributed by atoms with E-state index >= 15 is 0 Å². The average Bonchev–Trinajstić information content (AvgIpc) is 2.66. The van der Waals surface area contributed by atoms with Crippen molar-refractivity contribution in [2.45, 2.75) is 39.0 Å². The number of nitrogens with one attached hydrogen (secondary N) is 1. The number of halogens is 1. The number of aryl methyl sites for hydroxylation is 2. The third kappa shape index (κ3) is 2.13. The highest BCUT2D eigenvalue weighted by Crippen LogP contribution is 2.36. The Balaban J connectivity index is 2.36. The van der Waals surface area contributed by atoms with Gasteiger partial charge in [-0.15, -0.1) is 0 Å². The van der Waals surface area contributed by atoms with Crippen LogP contribution in [0.25, 0.3) is 10.9 Å². The van der Waals surface area contributed by atoms with Crippen molar-refractivity contribution in [3.63, 3.8) is 0 Å². The van der Waals surface area contributed by atoms with Gasteiger partial charge < -0.3 is 5.43 Å². The van der Waals surface area contributed by atoms with E-state index in [1.165, 1.54) is 36.1 Å². The minimum atomic E-state index is 1.02. The van der Waals surface area contributed by atoms with Gasteiger partial charge in [0.15, 0.2) is 0 Å². The highest BCUT2D eigenvalue weighted by molar-refractivity contribution is 9.10. The van der Waals surface area contributed by atoms with E-state index in [2.05, 4.69) is 40.4 Å². The second kappa shape index (κ2) is 5.10. The first-order chi connectivity index (χ1) is 9.22. The number of nitrogens with zero attached hydrogens (tertiary/aromatic N) is 1. The zero-order valence-electron chi connectivity index (χ0n) is 11.1. The number of nitrogen functional groups attached to an aromatic ring is 1. The standard InChI is InChI=1S/C15H18BrN3/c1-9-7-8-11-14(19-17)10-5-3-2-4-6-12(10)18-15(11)13(9)16/h7-8H,2-6,17H2,1H3,(H,18,19). The van der Waals surface area contributed by atoms with Crippen molar-refractivity contribution in [3.05, 3.63) is 33.4 Å². The lowest BCUT2D eigenvalue weighted by Gasteiger charge is -2.16. The molecule has 0 bridgehead atoms. The Bertz CT molecular complexity index is 637. The van der Waals surface area contributed by atoms with Crippen molar-refractivity contribution in [2.24, 2.45) is 5.84 Å². The molecule has 3 nitrogen and oxygen atoms in total. The van der Waals surface area contributed by atoms with Gasteiger partial charge in [-0.2, -0.15) is 0 Å². The summed E-state index contributed by atoms with van der Waals surface area (Å²) < 4.78 is 1.08. The minimum absolute atomic E-state index is 1.02. The molecule has 1 aromatic carbocycles. The molecular weight excluding hydrogens is 302 g/mol. The fourth-order valence-corrected chi connectivity index (χ4v) is 3.33. The molecule has 0 spiro atoms. The quantitative estimate of drug-likeness (QED) is 0.476. The number of benzene rings is 1. The van der Waals surface area contributed by atoms with Crippen LogP contribution >= 0.6 is 15.9 Å². The minimum Gasteiger partial charge on any atom is -0.323 e. The Hall–Kier alpha value is -1.13. The molecule has 0 atom stereocenters. The number of pyridine rings is 1. The van der Waals surface area contributed by atoms with Gasteiger partial charge in [0.25, 0.3) is 0 Å². The van der Waals surface area contributed by atoms with E-state index in [0.29, 0.717) is 0 Å². The number of aromatic nitrogens is 1. The van der Waals surface area contributed by atoms with E-state index in [1.54, 1.807) is 0 Å². The van der Waals surface area contributed by atoms with Gasteiger partial charge in [0.2, 0.25) is 0 Å². The first-order valence-electron chi connectivity index (χ1n) is 6.79. The normalized spacial score (nSPS) is 15.1. The SMILES string of the molecule is Cc1ccc2c(NN)c3c(nc2c1Br)CCCCC3. The predicted octanol–water partition coefficient (Wildman–Crippen LogP) is 3.86. The number of hydrazine groups is 1. The van der Waals surface area contributed by atoms with E-state index in [4.69, 9.17) is 10.8 Å². The molecule has 0 saturated heterocycles. The summed E-state index contributed by atoms with van der Waals surface area (Å²) in [5.41, 5.74) is 8.72. The zero-order chi connectivity index (χ0) is 13.4. The lowest BCUT2D eigenvalue weighted by Crippen LogP contribution is -2.12. The van der Waals surface area contributed by atoms with Gasteiger partial charge in [-0.3, -0.25) is 10.8 Å². The fourth-order valence-electron chi connectivity index (χ4n) is 2.90. The Kier molecular flexibility index (Phi) is 3.46. The van der Waals surface area contributed by atoms with E-state index in [-0.39, 0.29) is 0 Å². The monoisotopic (exact) mass is 319 g/mol. The second-order valence-electron chi connectivity index (χ2n) is 5.21. The van der Waals surface area contributed by atoms with Gasteiger partial charge in [0.05, 0.1) is 11.2 Å². The van der Waals surface area contributed by atoms with E-state index < -0.39 is 0 Å². The molecular formula is C15H18BrN3. The summed E-state index contributed by atoms with van der Waals surface area (Å²) in [4.78, 5) is 4.90. The van der Waals surface area contributed by atoms with Gasteiger partial charge >= 0.3 is 0 Å². The number of anilines is 1. The highest BCUT2D eigenvalue weighted by atomic mass is 79.9. The van der Waals surface area contributed by atoms with Gasteiger partial charge in [-0.25, -0.2) is 0 Å². The first kappa shape index (κ1) is 12.9. The molecule has 4 heteroatoms. The fraction of sp³-hybridized carbons (Fsp3) is 0.400. The average molecular weight is 320 g/mol. The van der Waals surface area contributed by atoms with E-state index in [0.717, 1.165) is 33.9 Å². The summed E-state index contributed by atoms with van der Waals surface area (Å²) >= 11 is 3.66. The summed E-state index contributed by atoms with van der Waals surface area (Å²) in [6.45, 7) is 2.09. The molecule has 0 aliphatic heterocycles. The van der Waals surface area contributed by atoms with Crippen LogP contribution in [0.15, 0.2) is 16.6 Å². The third-order valence-corrected chi connectivity index (χ3v) is 4.96. The van der Waals surface area contributed by atoms with Crippen LogP contribution < -0.4 is 11.3 Å². The Morgan fingerprint density at radius 3 is 2.79 bits per heavy atom. The van der Waals surface area contributed by atoms with Crippen molar-refractivity contribution < 1.29 is 0 Å². The van der Waals surface area contributed by atoms with Crippen molar-refractivity contribution in [1.29, 1.82) is 0 Å². The van der Waals surface area contributed by atoms with Gasteiger partial charge in [-0.05, 0) is 59.7 Å². The summed E-state index contributed by atoms with van der Waals surface area (Å²) in [7, 11) is 0. The molecule has 0 radical (unpaired) electrons. The molecule has 3 rings (SSSR count). The molecule has 0 fully saturated rings. The predicted molar refractivity (Wildman–Crippen MR) is 83.2 cm³/mol. The summed E-state index contributed by atoms with van der Waals surface area (Å²) in [5.74, 6) is 5.79. The van der Waals surface area contributed by atoms with Gasteiger partial charge in [0.1, 0.15) is 0 Å². The van der Waals surface area contributed by atoms with Crippen LogP contribution in [0.2, 0.25) is 0 Å². The molecule has 1 aliphatic rings. The number of hydrogen-bond donors (Lipinski definition) is 2. The molecule has 1 heterocycles. The second-order valence-corrected chi connectivity index (χ2v) is 6.00. The topological polar surface area (TPSA) is 50.9 Å². The number of nitrogens with two attached hydrogens (primary N) is 1. The van der Waals surface area contributed by atoms with Gasteiger partial charge in [0, 0.05) is 15.6 Å². The summed E-state index contributed by atoms with van der Waals surface area (Å²) in [6, 6.07) is 4.22. The molecule has 19 heavy (non-hydrogen) atoms. The van der Waals surface area contributed by atoms with Crippen LogP contribution in [0.5, 0.6) is 0 Å². The molecule has 0 amide bonds. The Morgan fingerprint density at radius 1 is 1.21 bits per heavy atom. The Labute approximate surface area is 121 Å².